The number of esters is 2. The Morgan fingerprint density at radius 3 is 1.61 bits per heavy atom. The molecule has 4 heteroatoms. The molecule has 0 aliphatic rings. The molecule has 0 aliphatic carbocycles. The Hall–Kier alpha value is -2.20. The predicted molar refractivity (Wildman–Crippen MR) is 67.2 cm³/mol. The van der Waals surface area contributed by atoms with Gasteiger partial charge in [0.05, 0.1) is 27.1 Å². The Labute approximate surface area is 107 Å². The second-order valence-corrected chi connectivity index (χ2v) is 3.13. The van der Waals surface area contributed by atoms with E-state index in [0.717, 1.165) is 0 Å². The monoisotopic (exact) mass is 248 g/mol. The highest BCUT2D eigenvalue weighted by atomic mass is 16.5. The molecule has 0 amide bonds. The summed E-state index contributed by atoms with van der Waals surface area (Å²) in [5.41, 5.74) is 0. The van der Waals surface area contributed by atoms with Crippen molar-refractivity contribution in [3.8, 4) is 23.7 Å². The molecule has 0 fully saturated rings. The van der Waals surface area contributed by atoms with Gasteiger partial charge in [-0.15, -0.1) is 0 Å². The predicted octanol–water partition coefficient (Wildman–Crippen LogP) is 1.46. The molecule has 0 N–H and O–H groups in total. The van der Waals surface area contributed by atoms with Gasteiger partial charge in [0.15, 0.2) is 0 Å². The van der Waals surface area contributed by atoms with Crippen LogP contribution in [0.25, 0.3) is 0 Å². The molecule has 0 aromatic rings. The van der Waals surface area contributed by atoms with Gasteiger partial charge in [-0.25, -0.2) is 0 Å². The van der Waals surface area contributed by atoms with Crippen LogP contribution in [0, 0.1) is 23.7 Å². The summed E-state index contributed by atoms with van der Waals surface area (Å²) in [4.78, 5) is 21.5. The summed E-state index contributed by atoms with van der Waals surface area (Å²) in [6, 6.07) is 0. The molecule has 0 aromatic carbocycles. The van der Waals surface area contributed by atoms with Gasteiger partial charge in [-0.3, -0.25) is 9.59 Å². The van der Waals surface area contributed by atoms with Crippen LogP contribution in [0.4, 0.5) is 0 Å². The van der Waals surface area contributed by atoms with Crippen molar-refractivity contribution in [1.29, 1.82) is 0 Å². The Bertz CT molecular complexity index is 373. The van der Waals surface area contributed by atoms with Crippen molar-refractivity contribution in [3.05, 3.63) is 12.2 Å². The van der Waals surface area contributed by atoms with Gasteiger partial charge in [-0.05, 0) is 12.2 Å². The topological polar surface area (TPSA) is 52.6 Å². The number of hydrogen-bond acceptors (Lipinski definition) is 4. The third kappa shape index (κ3) is 10.3. The van der Waals surface area contributed by atoms with Gasteiger partial charge < -0.3 is 9.47 Å². The fraction of sp³-hybridized carbons (Fsp3) is 0.429. The first-order valence-corrected chi connectivity index (χ1v) is 5.46. The second kappa shape index (κ2) is 11.3. The number of allylic oxidation sites excluding steroid dienone is 2. The van der Waals surface area contributed by atoms with Crippen molar-refractivity contribution in [2.45, 2.75) is 25.7 Å². The number of methoxy groups -OCH3 is 2. The quantitative estimate of drug-likeness (QED) is 0.558. The number of hydrogen-bond donors (Lipinski definition) is 0. The first kappa shape index (κ1) is 15.8. The molecule has 96 valence electrons. The molecule has 0 saturated carbocycles. The summed E-state index contributed by atoms with van der Waals surface area (Å²) in [7, 11) is 2.69. The Morgan fingerprint density at radius 1 is 0.889 bits per heavy atom. The lowest BCUT2D eigenvalue weighted by Gasteiger charge is -1.91. The first-order chi connectivity index (χ1) is 8.70. The van der Waals surface area contributed by atoms with E-state index in [9.17, 15) is 9.59 Å². The van der Waals surface area contributed by atoms with Crippen molar-refractivity contribution >= 4 is 11.9 Å². The Morgan fingerprint density at radius 2 is 1.28 bits per heavy atom. The maximum absolute atomic E-state index is 10.7. The highest BCUT2D eigenvalue weighted by Gasteiger charge is 1.95. The molecular formula is C14H16O4. The molecule has 0 bridgehead atoms. The van der Waals surface area contributed by atoms with E-state index in [-0.39, 0.29) is 11.9 Å². The molecule has 18 heavy (non-hydrogen) atoms. The maximum atomic E-state index is 10.7. The normalized spacial score (nSPS) is 8.78. The van der Waals surface area contributed by atoms with Crippen LogP contribution in [0.5, 0.6) is 0 Å². The van der Waals surface area contributed by atoms with E-state index in [1.807, 2.05) is 0 Å². The molecule has 0 unspecified atom stereocenters. The molecule has 0 atom stereocenters. The molecule has 0 radical (unpaired) electrons. The Balaban J connectivity index is 3.71. The van der Waals surface area contributed by atoms with Gasteiger partial charge in [0, 0.05) is 12.8 Å². The van der Waals surface area contributed by atoms with Gasteiger partial charge in [0.2, 0.25) is 0 Å². The summed E-state index contributed by atoms with van der Waals surface area (Å²) >= 11 is 0. The molecule has 0 saturated heterocycles. The minimum absolute atomic E-state index is 0.268. The molecule has 0 rings (SSSR count). The zero-order valence-corrected chi connectivity index (χ0v) is 10.6. The van der Waals surface area contributed by atoms with E-state index < -0.39 is 0 Å². The van der Waals surface area contributed by atoms with Gasteiger partial charge >= 0.3 is 11.9 Å². The largest absolute Gasteiger partial charge is 0.469 e. The van der Waals surface area contributed by atoms with Crippen molar-refractivity contribution in [3.63, 3.8) is 0 Å². The first-order valence-electron chi connectivity index (χ1n) is 5.46. The Kier molecular flexibility index (Phi) is 9.91. The third-order valence-electron chi connectivity index (χ3n) is 1.82. The summed E-state index contributed by atoms with van der Waals surface area (Å²) in [5.74, 6) is 10.5. The minimum Gasteiger partial charge on any atom is -0.469 e. The van der Waals surface area contributed by atoms with E-state index in [1.165, 1.54) is 14.2 Å². The van der Waals surface area contributed by atoms with Crippen molar-refractivity contribution in [2.24, 2.45) is 0 Å². The molecule has 0 heterocycles. The summed E-state index contributed by atoms with van der Waals surface area (Å²) in [5, 5.41) is 0. The lowest BCUT2D eigenvalue weighted by molar-refractivity contribution is -0.141. The van der Waals surface area contributed by atoms with Crippen molar-refractivity contribution < 1.29 is 19.1 Å². The fourth-order valence-corrected chi connectivity index (χ4v) is 0.879. The smallest absolute Gasteiger partial charge is 0.306 e. The van der Waals surface area contributed by atoms with Crippen LogP contribution in [-0.2, 0) is 19.1 Å². The van der Waals surface area contributed by atoms with Crippen LogP contribution in [0.3, 0.4) is 0 Å². The van der Waals surface area contributed by atoms with Crippen LogP contribution in [-0.4, -0.2) is 26.2 Å². The summed E-state index contributed by atoms with van der Waals surface area (Å²) in [6.07, 6.45) is 4.72. The molecule has 4 nitrogen and oxygen atoms in total. The van der Waals surface area contributed by atoms with Gasteiger partial charge in [-0.1, -0.05) is 23.7 Å². The van der Waals surface area contributed by atoms with E-state index >= 15 is 0 Å². The van der Waals surface area contributed by atoms with Crippen LogP contribution >= 0.6 is 0 Å². The highest BCUT2D eigenvalue weighted by molar-refractivity contribution is 5.69. The van der Waals surface area contributed by atoms with E-state index in [4.69, 9.17) is 0 Å². The number of carbonyl (C=O) groups excluding carboxylic acids is 2. The average molecular weight is 248 g/mol. The van der Waals surface area contributed by atoms with Crippen LogP contribution in [0.15, 0.2) is 12.2 Å². The van der Waals surface area contributed by atoms with Crippen LogP contribution < -0.4 is 0 Å². The second-order valence-electron chi connectivity index (χ2n) is 3.13. The van der Waals surface area contributed by atoms with E-state index in [1.54, 1.807) is 12.2 Å². The SMILES string of the molecule is COC(=O)CCC#C/C=C\C#CCCC(=O)OC. The average Bonchev–Trinajstić information content (AvgIpc) is 2.40. The molecule has 0 spiro atoms. The number of carbonyl (C=O) groups is 2. The molecular weight excluding hydrogens is 232 g/mol. The summed E-state index contributed by atoms with van der Waals surface area (Å²) in [6.45, 7) is 0. The molecule has 0 aliphatic heterocycles. The fourth-order valence-electron chi connectivity index (χ4n) is 0.879. The maximum Gasteiger partial charge on any atom is 0.306 e. The van der Waals surface area contributed by atoms with Crippen molar-refractivity contribution in [1.82, 2.24) is 0 Å². The lowest BCUT2D eigenvalue weighted by Crippen LogP contribution is -1.98. The third-order valence-corrected chi connectivity index (χ3v) is 1.82. The van der Waals surface area contributed by atoms with Crippen molar-refractivity contribution in [2.75, 3.05) is 14.2 Å². The van der Waals surface area contributed by atoms with Gasteiger partial charge in [0.25, 0.3) is 0 Å². The van der Waals surface area contributed by atoms with E-state index in [0.29, 0.717) is 25.7 Å². The van der Waals surface area contributed by atoms with Crippen LogP contribution in [0.1, 0.15) is 25.7 Å². The minimum atomic E-state index is -0.268. The zero-order valence-electron chi connectivity index (χ0n) is 10.6. The van der Waals surface area contributed by atoms with Gasteiger partial charge in [0.1, 0.15) is 0 Å². The van der Waals surface area contributed by atoms with Crippen LogP contribution in [0.2, 0.25) is 0 Å². The number of ether oxygens (including phenoxy) is 2. The van der Waals surface area contributed by atoms with E-state index in [2.05, 4.69) is 33.2 Å². The summed E-state index contributed by atoms with van der Waals surface area (Å²) < 4.78 is 8.93. The zero-order chi connectivity index (χ0) is 13.6. The molecule has 0 aromatic heterocycles. The standard InChI is InChI=1S/C14H16O4/c1-17-13(15)11-9-7-5-3-4-6-8-10-12-14(16)18-2/h3-4H,9-12H2,1-2H3/b4-3-. The highest BCUT2D eigenvalue weighted by Crippen LogP contribution is 1.89. The van der Waals surface area contributed by atoms with Gasteiger partial charge in [-0.2, -0.15) is 0 Å². The number of rotatable bonds is 4. The lowest BCUT2D eigenvalue weighted by atomic mass is 10.3.